The van der Waals surface area contributed by atoms with Crippen molar-refractivity contribution in [3.05, 3.63) is 23.7 Å². The third kappa shape index (κ3) is 1.99. The van der Waals surface area contributed by atoms with Crippen molar-refractivity contribution in [1.82, 2.24) is 0 Å². The first-order valence-electron chi connectivity index (χ1n) is 5.09. The lowest BCUT2D eigenvalue weighted by Crippen LogP contribution is -2.11. The molecule has 14 heavy (non-hydrogen) atoms. The van der Waals surface area contributed by atoms with E-state index in [1.807, 2.05) is 6.92 Å². The van der Waals surface area contributed by atoms with Crippen molar-refractivity contribution in [1.29, 1.82) is 0 Å². The monoisotopic (exact) mass is 196 g/mol. The largest absolute Gasteiger partial charge is 0.472 e. The number of aliphatic hydroxyl groups excluding tert-OH is 1. The standard InChI is InChI=1S/C11H16O3/c1-8-6-13-7-10(8)11(12)5-9-3-2-4-14-9/h6-7,9,11-12H,2-5H2,1H3. The van der Waals surface area contributed by atoms with E-state index in [-0.39, 0.29) is 6.10 Å². The van der Waals surface area contributed by atoms with Crippen molar-refractivity contribution in [2.24, 2.45) is 0 Å². The van der Waals surface area contributed by atoms with Gasteiger partial charge in [0.25, 0.3) is 0 Å². The Labute approximate surface area is 83.7 Å². The molecular weight excluding hydrogens is 180 g/mol. The molecule has 1 saturated heterocycles. The number of aryl methyl sites for hydroxylation is 1. The minimum Gasteiger partial charge on any atom is -0.472 e. The van der Waals surface area contributed by atoms with Gasteiger partial charge < -0.3 is 14.3 Å². The molecule has 2 heterocycles. The van der Waals surface area contributed by atoms with Gasteiger partial charge in [-0.05, 0) is 25.3 Å². The summed E-state index contributed by atoms with van der Waals surface area (Å²) in [5.41, 5.74) is 1.90. The maximum Gasteiger partial charge on any atom is 0.0963 e. The van der Waals surface area contributed by atoms with Gasteiger partial charge >= 0.3 is 0 Å². The van der Waals surface area contributed by atoms with Crippen molar-refractivity contribution >= 4 is 0 Å². The normalized spacial score (nSPS) is 24.0. The zero-order valence-electron chi connectivity index (χ0n) is 8.40. The van der Waals surface area contributed by atoms with Crippen LogP contribution in [0.15, 0.2) is 16.9 Å². The Kier molecular flexibility index (Phi) is 2.89. The highest BCUT2D eigenvalue weighted by molar-refractivity contribution is 5.21. The van der Waals surface area contributed by atoms with Crippen LogP contribution in [0.2, 0.25) is 0 Å². The second kappa shape index (κ2) is 4.15. The number of furan rings is 1. The zero-order valence-corrected chi connectivity index (χ0v) is 8.40. The van der Waals surface area contributed by atoms with Crippen LogP contribution in [0.5, 0.6) is 0 Å². The molecule has 1 fully saturated rings. The van der Waals surface area contributed by atoms with Gasteiger partial charge in [0.1, 0.15) is 0 Å². The number of aliphatic hydroxyl groups is 1. The Bertz CT molecular complexity index is 286. The van der Waals surface area contributed by atoms with Gasteiger partial charge in [-0.25, -0.2) is 0 Å². The second-order valence-electron chi connectivity index (χ2n) is 3.90. The summed E-state index contributed by atoms with van der Waals surface area (Å²) in [5, 5.41) is 9.91. The molecule has 1 aliphatic rings. The molecule has 2 unspecified atom stereocenters. The minimum absolute atomic E-state index is 0.222. The average Bonchev–Trinajstić information content (AvgIpc) is 2.75. The predicted octanol–water partition coefficient (Wildman–Crippen LogP) is 2.19. The molecule has 2 atom stereocenters. The summed E-state index contributed by atoms with van der Waals surface area (Å²) in [5.74, 6) is 0. The van der Waals surface area contributed by atoms with Crippen molar-refractivity contribution in [3.63, 3.8) is 0 Å². The summed E-state index contributed by atoms with van der Waals surface area (Å²) in [4.78, 5) is 0. The van der Waals surface area contributed by atoms with Crippen LogP contribution in [-0.4, -0.2) is 17.8 Å². The molecule has 1 aromatic heterocycles. The summed E-state index contributed by atoms with van der Waals surface area (Å²) in [6.07, 6.45) is 5.91. The molecule has 78 valence electrons. The predicted molar refractivity (Wildman–Crippen MR) is 52.0 cm³/mol. The third-order valence-electron chi connectivity index (χ3n) is 2.76. The summed E-state index contributed by atoms with van der Waals surface area (Å²) >= 11 is 0. The van der Waals surface area contributed by atoms with Crippen LogP contribution < -0.4 is 0 Å². The molecule has 0 saturated carbocycles. The van der Waals surface area contributed by atoms with Crippen LogP contribution in [-0.2, 0) is 4.74 Å². The Morgan fingerprint density at radius 2 is 2.43 bits per heavy atom. The number of ether oxygens (including phenoxy) is 1. The Morgan fingerprint density at radius 3 is 3.00 bits per heavy atom. The van der Waals surface area contributed by atoms with Gasteiger partial charge in [0.2, 0.25) is 0 Å². The highest BCUT2D eigenvalue weighted by Gasteiger charge is 2.21. The fourth-order valence-electron chi connectivity index (χ4n) is 1.92. The van der Waals surface area contributed by atoms with Crippen LogP contribution in [0.25, 0.3) is 0 Å². The van der Waals surface area contributed by atoms with E-state index in [2.05, 4.69) is 0 Å². The minimum atomic E-state index is -0.447. The molecule has 3 nitrogen and oxygen atoms in total. The van der Waals surface area contributed by atoms with Crippen molar-refractivity contribution in [2.75, 3.05) is 6.61 Å². The van der Waals surface area contributed by atoms with Crippen LogP contribution >= 0.6 is 0 Å². The maximum atomic E-state index is 9.91. The first kappa shape index (κ1) is 9.74. The van der Waals surface area contributed by atoms with Gasteiger partial charge in [-0.2, -0.15) is 0 Å². The summed E-state index contributed by atoms with van der Waals surface area (Å²) in [6, 6.07) is 0. The lowest BCUT2D eigenvalue weighted by atomic mass is 10.0. The molecule has 0 bridgehead atoms. The molecule has 0 spiro atoms. The molecule has 1 aromatic rings. The van der Waals surface area contributed by atoms with Crippen LogP contribution in [0, 0.1) is 6.92 Å². The molecule has 0 radical (unpaired) electrons. The van der Waals surface area contributed by atoms with Crippen molar-refractivity contribution in [2.45, 2.75) is 38.4 Å². The quantitative estimate of drug-likeness (QED) is 0.805. The highest BCUT2D eigenvalue weighted by Crippen LogP contribution is 2.27. The van der Waals surface area contributed by atoms with Crippen LogP contribution in [0.3, 0.4) is 0 Å². The van der Waals surface area contributed by atoms with E-state index in [1.54, 1.807) is 12.5 Å². The van der Waals surface area contributed by atoms with Gasteiger partial charge in [-0.3, -0.25) is 0 Å². The molecule has 0 amide bonds. The zero-order chi connectivity index (χ0) is 9.97. The number of hydrogen-bond donors (Lipinski definition) is 1. The fraction of sp³-hybridized carbons (Fsp3) is 0.636. The molecular formula is C11H16O3. The van der Waals surface area contributed by atoms with E-state index in [1.165, 1.54) is 0 Å². The SMILES string of the molecule is Cc1cocc1C(O)CC1CCCO1. The Morgan fingerprint density at radius 1 is 1.57 bits per heavy atom. The molecule has 3 heteroatoms. The van der Waals surface area contributed by atoms with E-state index in [9.17, 15) is 5.11 Å². The maximum absolute atomic E-state index is 9.91. The number of rotatable bonds is 3. The van der Waals surface area contributed by atoms with Gasteiger partial charge in [0, 0.05) is 18.6 Å². The second-order valence-corrected chi connectivity index (χ2v) is 3.90. The first-order chi connectivity index (χ1) is 6.77. The topological polar surface area (TPSA) is 42.6 Å². The summed E-state index contributed by atoms with van der Waals surface area (Å²) in [7, 11) is 0. The van der Waals surface area contributed by atoms with E-state index in [0.717, 1.165) is 30.6 Å². The van der Waals surface area contributed by atoms with Gasteiger partial charge in [-0.15, -0.1) is 0 Å². The fourth-order valence-corrected chi connectivity index (χ4v) is 1.92. The molecule has 0 aromatic carbocycles. The highest BCUT2D eigenvalue weighted by atomic mass is 16.5. The van der Waals surface area contributed by atoms with E-state index in [0.29, 0.717) is 6.42 Å². The summed E-state index contributed by atoms with van der Waals surface area (Å²) in [6.45, 7) is 2.78. The van der Waals surface area contributed by atoms with Crippen molar-refractivity contribution < 1.29 is 14.3 Å². The lowest BCUT2D eigenvalue weighted by Gasteiger charge is -2.14. The van der Waals surface area contributed by atoms with E-state index < -0.39 is 6.10 Å². The van der Waals surface area contributed by atoms with Crippen LogP contribution in [0.1, 0.15) is 36.5 Å². The van der Waals surface area contributed by atoms with Gasteiger partial charge in [0.15, 0.2) is 0 Å². The Hall–Kier alpha value is -0.800. The smallest absolute Gasteiger partial charge is 0.0963 e. The lowest BCUT2D eigenvalue weighted by molar-refractivity contribution is 0.0531. The van der Waals surface area contributed by atoms with Crippen molar-refractivity contribution in [3.8, 4) is 0 Å². The molecule has 2 rings (SSSR count). The Balaban J connectivity index is 1.95. The van der Waals surface area contributed by atoms with E-state index in [4.69, 9.17) is 9.15 Å². The van der Waals surface area contributed by atoms with E-state index >= 15 is 0 Å². The van der Waals surface area contributed by atoms with Gasteiger partial charge in [0.05, 0.1) is 24.7 Å². The third-order valence-corrected chi connectivity index (χ3v) is 2.76. The molecule has 0 aliphatic carbocycles. The van der Waals surface area contributed by atoms with Gasteiger partial charge in [-0.1, -0.05) is 0 Å². The average molecular weight is 196 g/mol. The molecule has 1 aliphatic heterocycles. The first-order valence-corrected chi connectivity index (χ1v) is 5.09. The number of hydrogen-bond acceptors (Lipinski definition) is 3. The molecule has 1 N–H and O–H groups in total. The van der Waals surface area contributed by atoms with Crippen LogP contribution in [0.4, 0.5) is 0 Å². The summed E-state index contributed by atoms with van der Waals surface area (Å²) < 4.78 is 10.5.